The van der Waals surface area contributed by atoms with Gasteiger partial charge < -0.3 is 14.7 Å². The van der Waals surface area contributed by atoms with Crippen LogP contribution in [0.25, 0.3) is 0 Å². The summed E-state index contributed by atoms with van der Waals surface area (Å²) in [5.41, 5.74) is 3.60. The van der Waals surface area contributed by atoms with E-state index in [1.165, 1.54) is 17.7 Å². The number of carboxylic acids is 1. The van der Waals surface area contributed by atoms with E-state index < -0.39 is 5.97 Å². The second-order valence-corrected chi connectivity index (χ2v) is 5.49. The highest BCUT2D eigenvalue weighted by Gasteiger charge is 2.25. The number of rotatable bonds is 1. The SMILES string of the molecule is CN1CCCc2cc3c(cc21)CC(C(=O)O)CCO3. The molecule has 0 spiro atoms. The summed E-state index contributed by atoms with van der Waals surface area (Å²) in [6, 6.07) is 4.25. The topological polar surface area (TPSA) is 49.8 Å². The van der Waals surface area contributed by atoms with E-state index in [1.54, 1.807) is 0 Å². The molecule has 4 nitrogen and oxygen atoms in total. The molecular weight excluding hydrogens is 242 g/mol. The van der Waals surface area contributed by atoms with Gasteiger partial charge in [-0.1, -0.05) is 0 Å². The van der Waals surface area contributed by atoms with Crippen LogP contribution in [0.15, 0.2) is 12.1 Å². The molecule has 1 unspecified atom stereocenters. The average Bonchev–Trinajstić information content (AvgIpc) is 2.59. The summed E-state index contributed by atoms with van der Waals surface area (Å²) in [4.78, 5) is 13.5. The maximum Gasteiger partial charge on any atom is 0.306 e. The molecule has 0 amide bonds. The predicted octanol–water partition coefficient (Wildman–Crippen LogP) is 2.09. The lowest BCUT2D eigenvalue weighted by molar-refractivity contribution is -0.142. The van der Waals surface area contributed by atoms with Crippen LogP contribution in [0.2, 0.25) is 0 Å². The minimum Gasteiger partial charge on any atom is -0.493 e. The molecule has 1 aromatic rings. The number of carbonyl (C=O) groups is 1. The number of aryl methyl sites for hydroxylation is 1. The third-order valence-corrected chi connectivity index (χ3v) is 4.15. The van der Waals surface area contributed by atoms with E-state index in [9.17, 15) is 9.90 Å². The van der Waals surface area contributed by atoms with Gasteiger partial charge in [0, 0.05) is 19.3 Å². The lowest BCUT2D eigenvalue weighted by Crippen LogP contribution is -2.25. The van der Waals surface area contributed by atoms with Gasteiger partial charge in [0.1, 0.15) is 5.75 Å². The molecular formula is C15H19NO3. The van der Waals surface area contributed by atoms with Crippen molar-refractivity contribution >= 4 is 11.7 Å². The second kappa shape index (κ2) is 4.76. The van der Waals surface area contributed by atoms with E-state index in [1.807, 2.05) is 0 Å². The number of nitrogens with zero attached hydrogens (tertiary/aromatic N) is 1. The molecule has 2 heterocycles. The summed E-state index contributed by atoms with van der Waals surface area (Å²) < 4.78 is 5.75. The molecule has 2 aliphatic rings. The Kier molecular flexibility index (Phi) is 3.09. The van der Waals surface area contributed by atoms with Gasteiger partial charge in [-0.25, -0.2) is 0 Å². The highest BCUT2D eigenvalue weighted by atomic mass is 16.5. The summed E-state index contributed by atoms with van der Waals surface area (Å²) in [5, 5.41) is 9.21. The first-order valence-corrected chi connectivity index (χ1v) is 6.87. The van der Waals surface area contributed by atoms with Crippen LogP contribution in [0.4, 0.5) is 5.69 Å². The third kappa shape index (κ3) is 2.27. The van der Waals surface area contributed by atoms with Crippen LogP contribution in [0.1, 0.15) is 24.0 Å². The minimum atomic E-state index is -0.720. The van der Waals surface area contributed by atoms with E-state index in [0.717, 1.165) is 24.3 Å². The Hall–Kier alpha value is -1.71. The van der Waals surface area contributed by atoms with Gasteiger partial charge >= 0.3 is 5.97 Å². The molecule has 3 rings (SSSR count). The Balaban J connectivity index is 1.99. The number of anilines is 1. The Morgan fingerprint density at radius 2 is 2.26 bits per heavy atom. The molecule has 0 aliphatic carbocycles. The van der Waals surface area contributed by atoms with Gasteiger partial charge in [0.05, 0.1) is 12.5 Å². The number of aliphatic carboxylic acids is 1. The van der Waals surface area contributed by atoms with Gasteiger partial charge in [-0.3, -0.25) is 4.79 Å². The van der Waals surface area contributed by atoms with Crippen molar-refractivity contribution < 1.29 is 14.6 Å². The third-order valence-electron chi connectivity index (χ3n) is 4.15. The Bertz CT molecular complexity index is 512. The lowest BCUT2D eigenvalue weighted by Gasteiger charge is -2.28. The number of hydrogen-bond donors (Lipinski definition) is 1. The van der Waals surface area contributed by atoms with Crippen LogP contribution in [0.5, 0.6) is 5.75 Å². The maximum atomic E-state index is 11.2. The quantitative estimate of drug-likeness (QED) is 0.841. The van der Waals surface area contributed by atoms with Crippen molar-refractivity contribution in [2.24, 2.45) is 5.92 Å². The zero-order chi connectivity index (χ0) is 13.4. The smallest absolute Gasteiger partial charge is 0.306 e. The number of benzene rings is 1. The van der Waals surface area contributed by atoms with Crippen molar-refractivity contribution in [3.63, 3.8) is 0 Å². The highest BCUT2D eigenvalue weighted by molar-refractivity contribution is 5.71. The largest absolute Gasteiger partial charge is 0.493 e. The van der Waals surface area contributed by atoms with Gasteiger partial charge in [0.2, 0.25) is 0 Å². The fourth-order valence-electron chi connectivity index (χ4n) is 3.02. The Labute approximate surface area is 113 Å². The van der Waals surface area contributed by atoms with Crippen molar-refractivity contribution in [2.75, 3.05) is 25.1 Å². The number of fused-ring (bicyclic) bond motifs is 2. The molecule has 0 radical (unpaired) electrons. The van der Waals surface area contributed by atoms with Crippen LogP contribution >= 0.6 is 0 Å². The zero-order valence-electron chi connectivity index (χ0n) is 11.2. The van der Waals surface area contributed by atoms with Crippen LogP contribution in [-0.2, 0) is 17.6 Å². The van der Waals surface area contributed by atoms with Crippen LogP contribution in [-0.4, -0.2) is 31.3 Å². The molecule has 0 saturated heterocycles. The lowest BCUT2D eigenvalue weighted by atomic mass is 9.93. The van der Waals surface area contributed by atoms with Crippen molar-refractivity contribution in [3.05, 3.63) is 23.3 Å². The van der Waals surface area contributed by atoms with E-state index >= 15 is 0 Å². The van der Waals surface area contributed by atoms with Crippen LogP contribution in [0.3, 0.4) is 0 Å². The van der Waals surface area contributed by atoms with E-state index in [0.29, 0.717) is 19.4 Å². The molecule has 1 N–H and O–H groups in total. The molecule has 0 fully saturated rings. The highest BCUT2D eigenvalue weighted by Crippen LogP contribution is 2.36. The van der Waals surface area contributed by atoms with E-state index in [-0.39, 0.29) is 5.92 Å². The summed E-state index contributed by atoms with van der Waals surface area (Å²) in [6.45, 7) is 1.56. The number of carboxylic acid groups (broad SMARTS) is 1. The van der Waals surface area contributed by atoms with Gasteiger partial charge in [-0.2, -0.15) is 0 Å². The molecule has 1 atom stereocenters. The molecule has 0 bridgehead atoms. The summed E-state index contributed by atoms with van der Waals surface area (Å²) in [5.74, 6) is -0.159. The van der Waals surface area contributed by atoms with Crippen molar-refractivity contribution in [3.8, 4) is 5.75 Å². The fraction of sp³-hybridized carbons (Fsp3) is 0.533. The molecule has 2 aliphatic heterocycles. The fourth-order valence-corrected chi connectivity index (χ4v) is 3.02. The average molecular weight is 261 g/mol. The molecule has 0 saturated carbocycles. The number of hydrogen-bond acceptors (Lipinski definition) is 3. The van der Waals surface area contributed by atoms with Gasteiger partial charge in [0.15, 0.2) is 0 Å². The first-order chi connectivity index (χ1) is 9.15. The Morgan fingerprint density at radius 3 is 3.05 bits per heavy atom. The normalized spacial score (nSPS) is 21.9. The van der Waals surface area contributed by atoms with E-state index in [2.05, 4.69) is 24.1 Å². The summed E-state index contributed by atoms with van der Waals surface area (Å²) in [7, 11) is 2.09. The van der Waals surface area contributed by atoms with Crippen LogP contribution < -0.4 is 9.64 Å². The summed E-state index contributed by atoms with van der Waals surface area (Å²) in [6.07, 6.45) is 3.41. The van der Waals surface area contributed by atoms with Crippen LogP contribution in [0, 0.1) is 5.92 Å². The van der Waals surface area contributed by atoms with Gasteiger partial charge in [-0.15, -0.1) is 0 Å². The first kappa shape index (κ1) is 12.3. The molecule has 19 heavy (non-hydrogen) atoms. The predicted molar refractivity (Wildman–Crippen MR) is 73.0 cm³/mol. The second-order valence-electron chi connectivity index (χ2n) is 5.49. The van der Waals surface area contributed by atoms with E-state index in [4.69, 9.17) is 4.74 Å². The minimum absolute atomic E-state index is 0.326. The van der Waals surface area contributed by atoms with Gasteiger partial charge in [0.25, 0.3) is 0 Å². The van der Waals surface area contributed by atoms with Gasteiger partial charge in [-0.05, 0) is 48.9 Å². The van der Waals surface area contributed by atoms with Crippen molar-refractivity contribution in [1.29, 1.82) is 0 Å². The molecule has 4 heteroatoms. The Morgan fingerprint density at radius 1 is 1.42 bits per heavy atom. The molecule has 102 valence electrons. The first-order valence-electron chi connectivity index (χ1n) is 6.87. The molecule has 1 aromatic carbocycles. The van der Waals surface area contributed by atoms with Crippen molar-refractivity contribution in [2.45, 2.75) is 25.7 Å². The monoisotopic (exact) mass is 261 g/mol. The summed E-state index contributed by atoms with van der Waals surface area (Å²) >= 11 is 0. The standard InChI is InChI=1S/C15H19NO3/c1-16-5-2-3-10-9-14-12(8-13(10)16)7-11(15(17)18)4-6-19-14/h8-9,11H,2-7H2,1H3,(H,17,18). The molecule has 0 aromatic heterocycles. The number of ether oxygens (including phenoxy) is 1. The van der Waals surface area contributed by atoms with Crippen molar-refractivity contribution in [1.82, 2.24) is 0 Å². The zero-order valence-corrected chi connectivity index (χ0v) is 11.2. The maximum absolute atomic E-state index is 11.2.